The summed E-state index contributed by atoms with van der Waals surface area (Å²) in [5.74, 6) is 2.10. The Morgan fingerprint density at radius 3 is 2.40 bits per heavy atom. The Labute approximate surface area is 118 Å². The van der Waals surface area contributed by atoms with Gasteiger partial charge >= 0.3 is 0 Å². The molecule has 0 amide bonds. The molecule has 0 aliphatic carbocycles. The van der Waals surface area contributed by atoms with Gasteiger partial charge in [0.15, 0.2) is 11.5 Å². The van der Waals surface area contributed by atoms with Crippen molar-refractivity contribution < 1.29 is 9.47 Å². The van der Waals surface area contributed by atoms with Gasteiger partial charge < -0.3 is 15.2 Å². The van der Waals surface area contributed by atoms with Crippen molar-refractivity contribution in [3.8, 4) is 17.2 Å². The van der Waals surface area contributed by atoms with E-state index in [1.54, 1.807) is 19.2 Å². The Morgan fingerprint density at radius 2 is 1.80 bits per heavy atom. The summed E-state index contributed by atoms with van der Waals surface area (Å²) in [5.41, 5.74) is 8.23. The van der Waals surface area contributed by atoms with Gasteiger partial charge in [-0.2, -0.15) is 0 Å². The number of hydrogen-bond acceptors (Lipinski definition) is 3. The minimum absolute atomic E-state index is 0.0574. The van der Waals surface area contributed by atoms with Gasteiger partial charge in [0.2, 0.25) is 0 Å². The molecule has 0 bridgehead atoms. The molecule has 0 unspecified atom stereocenters. The smallest absolute Gasteiger partial charge is 0.169 e. The Morgan fingerprint density at radius 1 is 1.05 bits per heavy atom. The number of benzene rings is 2. The predicted molar refractivity (Wildman–Crippen MR) is 80.0 cm³/mol. The lowest BCUT2D eigenvalue weighted by molar-refractivity contribution is 0.378. The fourth-order valence-electron chi connectivity index (χ4n) is 1.99. The van der Waals surface area contributed by atoms with Gasteiger partial charge in [-0.1, -0.05) is 6.07 Å². The van der Waals surface area contributed by atoms with E-state index in [9.17, 15) is 0 Å². The minimum Gasteiger partial charge on any atom is -0.493 e. The number of rotatable bonds is 4. The Kier molecular flexibility index (Phi) is 3.94. The lowest BCUT2D eigenvalue weighted by Gasteiger charge is -2.12. The van der Waals surface area contributed by atoms with Crippen molar-refractivity contribution in [3.05, 3.63) is 53.1 Å². The van der Waals surface area contributed by atoms with Crippen molar-refractivity contribution in [2.45, 2.75) is 13.8 Å². The predicted octanol–water partition coefficient (Wildman–Crippen LogP) is 3.39. The van der Waals surface area contributed by atoms with E-state index in [4.69, 9.17) is 20.6 Å². The van der Waals surface area contributed by atoms with Gasteiger partial charge in [-0.05, 0) is 55.3 Å². The molecule has 0 atom stereocenters. The van der Waals surface area contributed by atoms with Gasteiger partial charge in [0.1, 0.15) is 11.6 Å². The van der Waals surface area contributed by atoms with Crippen molar-refractivity contribution in [1.29, 1.82) is 5.41 Å². The van der Waals surface area contributed by atoms with E-state index < -0.39 is 0 Å². The van der Waals surface area contributed by atoms with Crippen LogP contribution in [0.4, 0.5) is 0 Å². The SMILES string of the molecule is COc1cc(C)ccc1Oc1ccc(C(=N)N)c(C)c1. The number of ether oxygens (including phenoxy) is 2. The van der Waals surface area contributed by atoms with Gasteiger partial charge in [0.25, 0.3) is 0 Å². The molecule has 0 aliphatic heterocycles. The number of nitrogens with one attached hydrogen (secondary N) is 1. The molecule has 0 fully saturated rings. The van der Waals surface area contributed by atoms with Crippen LogP contribution in [0.5, 0.6) is 17.2 Å². The number of aryl methyl sites for hydroxylation is 2. The minimum atomic E-state index is 0.0574. The first-order valence-corrected chi connectivity index (χ1v) is 6.29. The second-order valence-corrected chi connectivity index (χ2v) is 4.65. The first-order chi connectivity index (χ1) is 9.51. The Hall–Kier alpha value is -2.49. The molecule has 0 saturated carbocycles. The lowest BCUT2D eigenvalue weighted by Crippen LogP contribution is -2.12. The molecule has 0 aliphatic rings. The largest absolute Gasteiger partial charge is 0.493 e. The Balaban J connectivity index is 2.31. The molecule has 0 spiro atoms. The van der Waals surface area contributed by atoms with Crippen LogP contribution in [0.1, 0.15) is 16.7 Å². The lowest BCUT2D eigenvalue weighted by atomic mass is 10.1. The average Bonchev–Trinajstić information content (AvgIpc) is 2.40. The van der Waals surface area contributed by atoms with E-state index in [0.717, 1.165) is 11.1 Å². The van der Waals surface area contributed by atoms with Crippen molar-refractivity contribution in [2.24, 2.45) is 5.73 Å². The average molecular weight is 270 g/mol. The van der Waals surface area contributed by atoms with E-state index in [0.29, 0.717) is 22.8 Å². The fourth-order valence-corrected chi connectivity index (χ4v) is 1.99. The van der Waals surface area contributed by atoms with Gasteiger partial charge in [-0.15, -0.1) is 0 Å². The summed E-state index contributed by atoms with van der Waals surface area (Å²) < 4.78 is 11.1. The molecule has 0 aromatic heterocycles. The maximum absolute atomic E-state index is 7.47. The Bertz CT molecular complexity index is 651. The van der Waals surface area contributed by atoms with Crippen LogP contribution in [0.2, 0.25) is 0 Å². The molecule has 0 heterocycles. The van der Waals surface area contributed by atoms with E-state index in [-0.39, 0.29) is 5.84 Å². The van der Waals surface area contributed by atoms with Crippen molar-refractivity contribution >= 4 is 5.84 Å². The maximum atomic E-state index is 7.47. The van der Waals surface area contributed by atoms with Crippen molar-refractivity contribution in [1.82, 2.24) is 0 Å². The molecule has 2 aromatic carbocycles. The highest BCUT2D eigenvalue weighted by atomic mass is 16.5. The van der Waals surface area contributed by atoms with E-state index in [1.807, 2.05) is 38.1 Å². The van der Waals surface area contributed by atoms with E-state index >= 15 is 0 Å². The molecule has 0 radical (unpaired) electrons. The van der Waals surface area contributed by atoms with Gasteiger partial charge in [-0.25, -0.2) is 0 Å². The number of methoxy groups -OCH3 is 1. The standard InChI is InChI=1S/C16H18N2O2/c1-10-4-7-14(15(8-10)19-3)20-12-5-6-13(16(17)18)11(2)9-12/h4-9H,1-3H3,(H3,17,18). The summed E-state index contributed by atoms with van der Waals surface area (Å²) >= 11 is 0. The summed E-state index contributed by atoms with van der Waals surface area (Å²) in [6, 6.07) is 11.2. The van der Waals surface area contributed by atoms with Gasteiger partial charge in [0, 0.05) is 5.56 Å². The molecule has 4 nitrogen and oxygen atoms in total. The van der Waals surface area contributed by atoms with Crippen LogP contribution in [0.15, 0.2) is 36.4 Å². The highest BCUT2D eigenvalue weighted by molar-refractivity contribution is 5.96. The maximum Gasteiger partial charge on any atom is 0.169 e. The molecule has 0 saturated heterocycles. The third-order valence-electron chi connectivity index (χ3n) is 3.03. The fraction of sp³-hybridized carbons (Fsp3) is 0.188. The van der Waals surface area contributed by atoms with Gasteiger partial charge in [0.05, 0.1) is 7.11 Å². The topological polar surface area (TPSA) is 68.3 Å². The molecular formula is C16H18N2O2. The molecule has 2 rings (SSSR count). The highest BCUT2D eigenvalue weighted by Crippen LogP contribution is 2.32. The molecular weight excluding hydrogens is 252 g/mol. The van der Waals surface area contributed by atoms with Crippen LogP contribution in [-0.4, -0.2) is 12.9 Å². The summed E-state index contributed by atoms with van der Waals surface area (Å²) in [7, 11) is 1.62. The third kappa shape index (κ3) is 2.91. The zero-order chi connectivity index (χ0) is 14.7. The van der Waals surface area contributed by atoms with Crippen LogP contribution >= 0.6 is 0 Å². The quantitative estimate of drug-likeness (QED) is 0.661. The van der Waals surface area contributed by atoms with Crippen molar-refractivity contribution in [3.63, 3.8) is 0 Å². The van der Waals surface area contributed by atoms with Crippen molar-refractivity contribution in [2.75, 3.05) is 7.11 Å². The number of nitrogens with two attached hydrogens (primary N) is 1. The normalized spacial score (nSPS) is 10.2. The molecule has 3 N–H and O–H groups in total. The first kappa shape index (κ1) is 13.9. The first-order valence-electron chi connectivity index (χ1n) is 6.29. The summed E-state index contributed by atoms with van der Waals surface area (Å²) in [5, 5.41) is 7.47. The monoisotopic (exact) mass is 270 g/mol. The van der Waals surface area contributed by atoms with Crippen LogP contribution in [-0.2, 0) is 0 Å². The molecule has 104 valence electrons. The third-order valence-corrected chi connectivity index (χ3v) is 3.03. The summed E-state index contributed by atoms with van der Waals surface area (Å²) in [6.07, 6.45) is 0. The second kappa shape index (κ2) is 5.65. The van der Waals surface area contributed by atoms with Crippen LogP contribution in [0.25, 0.3) is 0 Å². The molecule has 20 heavy (non-hydrogen) atoms. The number of amidine groups is 1. The molecule has 2 aromatic rings. The van der Waals surface area contributed by atoms with Crippen LogP contribution in [0, 0.1) is 19.3 Å². The zero-order valence-electron chi connectivity index (χ0n) is 11.9. The highest BCUT2D eigenvalue weighted by Gasteiger charge is 2.08. The van der Waals surface area contributed by atoms with E-state index in [1.165, 1.54) is 0 Å². The summed E-state index contributed by atoms with van der Waals surface area (Å²) in [4.78, 5) is 0. The van der Waals surface area contributed by atoms with Crippen LogP contribution < -0.4 is 15.2 Å². The molecule has 4 heteroatoms. The number of nitrogen functional groups attached to an aromatic ring is 1. The van der Waals surface area contributed by atoms with Crippen LogP contribution in [0.3, 0.4) is 0 Å². The summed E-state index contributed by atoms with van der Waals surface area (Å²) in [6.45, 7) is 3.90. The van der Waals surface area contributed by atoms with Gasteiger partial charge in [-0.3, -0.25) is 5.41 Å². The van der Waals surface area contributed by atoms with E-state index in [2.05, 4.69) is 0 Å². The number of hydrogen-bond donors (Lipinski definition) is 2. The zero-order valence-corrected chi connectivity index (χ0v) is 11.9. The second-order valence-electron chi connectivity index (χ2n) is 4.65.